The van der Waals surface area contributed by atoms with Crippen molar-refractivity contribution in [1.82, 2.24) is 4.57 Å². The van der Waals surface area contributed by atoms with Crippen LogP contribution in [0.5, 0.6) is 5.75 Å². The summed E-state index contributed by atoms with van der Waals surface area (Å²) >= 11 is 12.4. The highest BCUT2D eigenvalue weighted by Gasteiger charge is 2.29. The standard InChI is InChI=1S/C25H19Cl2NO4/c1-3-32-25(30)23-22(24(29)15-4-11-19(31-2)12-5-15)20-13-8-17(27)14-21(20)28(23)18-9-6-16(26)7-10-18/h4-14H,3H2,1-2H3. The van der Waals surface area contributed by atoms with Gasteiger partial charge in [0.2, 0.25) is 0 Å². The van der Waals surface area contributed by atoms with E-state index in [0.29, 0.717) is 37.9 Å². The number of nitrogens with zero attached hydrogens (tertiary/aromatic N) is 1. The molecule has 5 nitrogen and oxygen atoms in total. The van der Waals surface area contributed by atoms with Crippen LogP contribution in [0.4, 0.5) is 0 Å². The maximum absolute atomic E-state index is 13.7. The second-order valence-corrected chi connectivity index (χ2v) is 7.85. The van der Waals surface area contributed by atoms with E-state index in [0.717, 1.165) is 0 Å². The minimum absolute atomic E-state index is 0.132. The van der Waals surface area contributed by atoms with Crippen LogP contribution >= 0.6 is 23.2 Å². The van der Waals surface area contributed by atoms with Gasteiger partial charge in [-0.1, -0.05) is 29.3 Å². The molecule has 0 saturated heterocycles. The number of ether oxygens (including phenoxy) is 2. The molecule has 0 bridgehead atoms. The third kappa shape index (κ3) is 3.97. The second-order valence-electron chi connectivity index (χ2n) is 6.98. The van der Waals surface area contributed by atoms with E-state index in [1.807, 2.05) is 0 Å². The fourth-order valence-corrected chi connectivity index (χ4v) is 3.92. The number of benzene rings is 3. The summed E-state index contributed by atoms with van der Waals surface area (Å²) in [5.74, 6) is -0.287. The lowest BCUT2D eigenvalue weighted by Gasteiger charge is -2.12. The normalized spacial score (nSPS) is 10.9. The maximum Gasteiger partial charge on any atom is 0.356 e. The molecule has 3 aromatic carbocycles. The average Bonchev–Trinajstić information content (AvgIpc) is 3.13. The maximum atomic E-state index is 13.7. The molecule has 0 amide bonds. The molecule has 4 rings (SSSR count). The largest absolute Gasteiger partial charge is 0.497 e. The average molecular weight is 468 g/mol. The van der Waals surface area contributed by atoms with Crippen molar-refractivity contribution < 1.29 is 19.1 Å². The van der Waals surface area contributed by atoms with Crippen LogP contribution in [0.25, 0.3) is 16.6 Å². The Kier molecular flexibility index (Phi) is 6.21. The van der Waals surface area contributed by atoms with Crippen LogP contribution in [-0.2, 0) is 4.74 Å². The predicted octanol–water partition coefficient (Wildman–Crippen LogP) is 6.35. The van der Waals surface area contributed by atoms with Crippen LogP contribution in [0.1, 0.15) is 33.3 Å². The Morgan fingerprint density at radius 2 is 1.56 bits per heavy atom. The molecule has 0 atom stereocenters. The van der Waals surface area contributed by atoms with Gasteiger partial charge in [0.25, 0.3) is 0 Å². The Balaban J connectivity index is 2.04. The Morgan fingerprint density at radius 1 is 0.906 bits per heavy atom. The summed E-state index contributed by atoms with van der Waals surface area (Å²) in [5, 5.41) is 1.62. The summed E-state index contributed by atoms with van der Waals surface area (Å²) in [6.07, 6.45) is 0. The summed E-state index contributed by atoms with van der Waals surface area (Å²) in [6, 6.07) is 18.9. The molecule has 0 aliphatic carbocycles. The quantitative estimate of drug-likeness (QED) is 0.244. The number of aromatic nitrogens is 1. The number of esters is 1. The molecule has 0 fully saturated rings. The van der Waals surface area contributed by atoms with Crippen LogP contribution in [0.2, 0.25) is 10.0 Å². The van der Waals surface area contributed by atoms with Crippen molar-refractivity contribution in [3.8, 4) is 11.4 Å². The minimum Gasteiger partial charge on any atom is -0.497 e. The fourth-order valence-electron chi connectivity index (χ4n) is 3.63. The summed E-state index contributed by atoms with van der Waals surface area (Å²) < 4.78 is 12.2. The lowest BCUT2D eigenvalue weighted by Crippen LogP contribution is -2.16. The number of ketones is 1. The number of carbonyl (C=O) groups is 2. The number of methoxy groups -OCH3 is 1. The highest BCUT2D eigenvalue weighted by atomic mass is 35.5. The molecule has 0 unspecified atom stereocenters. The van der Waals surface area contributed by atoms with Gasteiger partial charge in [0.1, 0.15) is 11.4 Å². The van der Waals surface area contributed by atoms with Crippen molar-refractivity contribution in [2.45, 2.75) is 6.92 Å². The van der Waals surface area contributed by atoms with Gasteiger partial charge in [-0.25, -0.2) is 4.79 Å². The fraction of sp³-hybridized carbons (Fsp3) is 0.120. The molecule has 0 N–H and O–H groups in total. The molecule has 0 radical (unpaired) electrons. The molecule has 162 valence electrons. The first-order chi connectivity index (χ1) is 15.4. The van der Waals surface area contributed by atoms with Crippen molar-refractivity contribution in [3.63, 3.8) is 0 Å². The molecule has 1 aromatic heterocycles. The number of hydrogen-bond acceptors (Lipinski definition) is 4. The van der Waals surface area contributed by atoms with E-state index in [2.05, 4.69) is 0 Å². The molecular formula is C25H19Cl2NO4. The van der Waals surface area contributed by atoms with Crippen LogP contribution in [0.15, 0.2) is 66.7 Å². The number of rotatable bonds is 6. The van der Waals surface area contributed by atoms with Crippen molar-refractivity contribution >= 4 is 45.9 Å². The van der Waals surface area contributed by atoms with Gasteiger partial charge in [-0.2, -0.15) is 0 Å². The molecule has 0 saturated carbocycles. The molecule has 4 aromatic rings. The van der Waals surface area contributed by atoms with Crippen molar-refractivity contribution in [3.05, 3.63) is 93.6 Å². The minimum atomic E-state index is -0.605. The molecule has 0 aliphatic rings. The SMILES string of the molecule is CCOC(=O)c1c(C(=O)c2ccc(OC)cc2)c2ccc(Cl)cc2n1-c1ccc(Cl)cc1. The van der Waals surface area contributed by atoms with E-state index >= 15 is 0 Å². The molecule has 1 heterocycles. The number of halogens is 2. The van der Waals surface area contributed by atoms with Gasteiger partial charge in [0.05, 0.1) is 24.8 Å². The van der Waals surface area contributed by atoms with Gasteiger partial charge in [-0.3, -0.25) is 4.79 Å². The Morgan fingerprint density at radius 3 is 2.19 bits per heavy atom. The van der Waals surface area contributed by atoms with Gasteiger partial charge < -0.3 is 14.0 Å². The zero-order valence-electron chi connectivity index (χ0n) is 17.4. The monoisotopic (exact) mass is 467 g/mol. The first-order valence-corrected chi connectivity index (χ1v) is 10.7. The number of carbonyl (C=O) groups excluding carboxylic acids is 2. The van der Waals surface area contributed by atoms with Crippen molar-refractivity contribution in [1.29, 1.82) is 0 Å². The van der Waals surface area contributed by atoms with E-state index in [-0.39, 0.29) is 23.6 Å². The van der Waals surface area contributed by atoms with Crippen LogP contribution in [-0.4, -0.2) is 30.0 Å². The first kappa shape index (κ1) is 21.9. The van der Waals surface area contributed by atoms with Gasteiger partial charge in [0, 0.05) is 26.7 Å². The Hall–Kier alpha value is -3.28. The lowest BCUT2D eigenvalue weighted by molar-refractivity contribution is 0.0514. The zero-order valence-corrected chi connectivity index (χ0v) is 18.9. The van der Waals surface area contributed by atoms with E-state index in [9.17, 15) is 9.59 Å². The van der Waals surface area contributed by atoms with Crippen LogP contribution < -0.4 is 4.74 Å². The lowest BCUT2D eigenvalue weighted by atomic mass is 10.00. The van der Waals surface area contributed by atoms with Crippen LogP contribution in [0.3, 0.4) is 0 Å². The smallest absolute Gasteiger partial charge is 0.356 e. The van der Waals surface area contributed by atoms with Crippen LogP contribution in [0, 0.1) is 0 Å². The van der Waals surface area contributed by atoms with E-state index < -0.39 is 5.97 Å². The summed E-state index contributed by atoms with van der Waals surface area (Å²) in [6.45, 7) is 1.88. The summed E-state index contributed by atoms with van der Waals surface area (Å²) in [4.78, 5) is 26.8. The molecule has 7 heteroatoms. The first-order valence-electron chi connectivity index (χ1n) is 9.90. The Bertz CT molecular complexity index is 1310. The van der Waals surface area contributed by atoms with E-state index in [1.165, 1.54) is 0 Å². The summed E-state index contributed by atoms with van der Waals surface area (Å²) in [5.41, 5.74) is 2.06. The highest BCUT2D eigenvalue weighted by Crippen LogP contribution is 2.34. The zero-order chi connectivity index (χ0) is 22.8. The molecule has 32 heavy (non-hydrogen) atoms. The van der Waals surface area contributed by atoms with Crippen molar-refractivity contribution in [2.24, 2.45) is 0 Å². The number of hydrogen-bond donors (Lipinski definition) is 0. The van der Waals surface area contributed by atoms with Gasteiger partial charge in [0.15, 0.2) is 5.78 Å². The van der Waals surface area contributed by atoms with Gasteiger partial charge >= 0.3 is 5.97 Å². The predicted molar refractivity (Wildman–Crippen MR) is 126 cm³/mol. The molecule has 0 aliphatic heterocycles. The Labute approximate surface area is 195 Å². The number of fused-ring (bicyclic) bond motifs is 1. The summed E-state index contributed by atoms with van der Waals surface area (Å²) in [7, 11) is 1.55. The van der Waals surface area contributed by atoms with Gasteiger partial charge in [-0.15, -0.1) is 0 Å². The third-order valence-electron chi connectivity index (χ3n) is 5.06. The topological polar surface area (TPSA) is 57.5 Å². The van der Waals surface area contributed by atoms with E-state index in [4.69, 9.17) is 32.7 Å². The van der Waals surface area contributed by atoms with Gasteiger partial charge in [-0.05, 0) is 67.6 Å². The van der Waals surface area contributed by atoms with E-state index in [1.54, 1.807) is 85.3 Å². The third-order valence-corrected chi connectivity index (χ3v) is 5.55. The second kappa shape index (κ2) is 9.07. The molecular weight excluding hydrogens is 449 g/mol. The van der Waals surface area contributed by atoms with Crippen molar-refractivity contribution in [2.75, 3.05) is 13.7 Å². The highest BCUT2D eigenvalue weighted by molar-refractivity contribution is 6.32. The molecule has 0 spiro atoms.